The van der Waals surface area contributed by atoms with Crippen LogP contribution in [-0.4, -0.2) is 32.3 Å². The maximum Gasteiger partial charge on any atom is 0.263 e. The number of anilines is 1. The Hall–Kier alpha value is -1.47. The number of rotatable bonds is 4. The molecule has 2 aromatic carbocycles. The van der Waals surface area contributed by atoms with Crippen molar-refractivity contribution in [3.63, 3.8) is 0 Å². The third-order valence-corrected chi connectivity index (χ3v) is 6.20. The first kappa shape index (κ1) is 18.3. The topological polar surface area (TPSA) is 66.5 Å². The highest BCUT2D eigenvalue weighted by Crippen LogP contribution is 2.30. The molecule has 0 atom stereocenters. The number of nitrogens with zero attached hydrogens (tertiary/aromatic N) is 1. The molecule has 1 saturated heterocycles. The number of benzene rings is 2. The molecule has 1 fully saturated rings. The SMILES string of the molecule is O=C(c1ccc(Cl)c(S(=O)(=O)Nc2cc(Cl)ccc2Cl)c1)N1CCC1. The second kappa shape index (κ2) is 7.03. The van der Waals surface area contributed by atoms with Gasteiger partial charge in [0.15, 0.2) is 0 Å². The molecule has 9 heteroatoms. The first-order chi connectivity index (χ1) is 11.8. The van der Waals surface area contributed by atoms with E-state index in [1.54, 1.807) is 11.0 Å². The van der Waals surface area contributed by atoms with E-state index in [-0.39, 0.29) is 32.1 Å². The van der Waals surface area contributed by atoms with Gasteiger partial charge in [-0.1, -0.05) is 34.8 Å². The Morgan fingerprint density at radius 3 is 2.32 bits per heavy atom. The van der Waals surface area contributed by atoms with Gasteiger partial charge in [-0.25, -0.2) is 8.42 Å². The lowest BCUT2D eigenvalue weighted by Crippen LogP contribution is -2.42. The van der Waals surface area contributed by atoms with E-state index in [1.165, 1.54) is 30.3 Å². The number of carbonyl (C=O) groups is 1. The Morgan fingerprint density at radius 1 is 1.00 bits per heavy atom. The van der Waals surface area contributed by atoms with Gasteiger partial charge in [0.2, 0.25) is 0 Å². The van der Waals surface area contributed by atoms with E-state index in [0.717, 1.165) is 6.42 Å². The number of sulfonamides is 1. The summed E-state index contributed by atoms with van der Waals surface area (Å²) in [7, 11) is -4.05. The van der Waals surface area contributed by atoms with Gasteiger partial charge in [0.25, 0.3) is 15.9 Å². The highest BCUT2D eigenvalue weighted by Gasteiger charge is 2.25. The van der Waals surface area contributed by atoms with Crippen LogP contribution in [0.3, 0.4) is 0 Å². The Bertz CT molecular complexity index is 944. The molecule has 2 aromatic rings. The van der Waals surface area contributed by atoms with Gasteiger partial charge in [0.1, 0.15) is 4.90 Å². The van der Waals surface area contributed by atoms with Crippen molar-refractivity contribution in [2.45, 2.75) is 11.3 Å². The molecule has 0 saturated carbocycles. The Balaban J connectivity index is 1.96. The summed E-state index contributed by atoms with van der Waals surface area (Å²) < 4.78 is 27.7. The minimum atomic E-state index is -4.05. The first-order valence-electron chi connectivity index (χ1n) is 7.34. The number of hydrogen-bond donors (Lipinski definition) is 1. The Labute approximate surface area is 160 Å². The molecule has 0 unspecified atom stereocenters. The van der Waals surface area contributed by atoms with E-state index in [2.05, 4.69) is 4.72 Å². The van der Waals surface area contributed by atoms with E-state index in [0.29, 0.717) is 18.1 Å². The molecular weight excluding hydrogens is 407 g/mol. The van der Waals surface area contributed by atoms with Crippen LogP contribution in [0.15, 0.2) is 41.3 Å². The second-order valence-electron chi connectivity index (χ2n) is 5.52. The van der Waals surface area contributed by atoms with Crippen molar-refractivity contribution in [2.75, 3.05) is 17.8 Å². The second-order valence-corrected chi connectivity index (χ2v) is 8.42. The van der Waals surface area contributed by atoms with Gasteiger partial charge < -0.3 is 4.90 Å². The normalized spacial score (nSPS) is 14.1. The number of likely N-dealkylation sites (tertiary alicyclic amines) is 1. The lowest BCUT2D eigenvalue weighted by atomic mass is 10.1. The third kappa shape index (κ3) is 3.87. The Kier molecular flexibility index (Phi) is 5.16. The van der Waals surface area contributed by atoms with Crippen LogP contribution in [0.25, 0.3) is 0 Å². The predicted molar refractivity (Wildman–Crippen MR) is 99.2 cm³/mol. The smallest absolute Gasteiger partial charge is 0.263 e. The molecule has 1 aliphatic rings. The van der Waals surface area contributed by atoms with Gasteiger partial charge in [-0.15, -0.1) is 0 Å². The van der Waals surface area contributed by atoms with Crippen molar-refractivity contribution < 1.29 is 13.2 Å². The zero-order chi connectivity index (χ0) is 18.2. The van der Waals surface area contributed by atoms with Crippen molar-refractivity contribution in [1.82, 2.24) is 4.90 Å². The van der Waals surface area contributed by atoms with Gasteiger partial charge in [-0.05, 0) is 42.8 Å². The molecule has 0 spiro atoms. The molecule has 1 N–H and O–H groups in total. The summed E-state index contributed by atoms with van der Waals surface area (Å²) in [6, 6.07) is 8.58. The van der Waals surface area contributed by atoms with Crippen LogP contribution in [0.4, 0.5) is 5.69 Å². The van der Waals surface area contributed by atoms with E-state index >= 15 is 0 Å². The lowest BCUT2D eigenvalue weighted by molar-refractivity contribution is 0.0651. The molecule has 1 aliphatic heterocycles. The molecule has 3 rings (SSSR count). The number of amides is 1. The first-order valence-corrected chi connectivity index (χ1v) is 9.96. The third-order valence-electron chi connectivity index (χ3n) is 3.78. The fourth-order valence-electron chi connectivity index (χ4n) is 2.32. The summed E-state index contributed by atoms with van der Waals surface area (Å²) in [6.45, 7) is 1.33. The number of hydrogen-bond acceptors (Lipinski definition) is 3. The minimum absolute atomic E-state index is 0.00538. The quantitative estimate of drug-likeness (QED) is 0.804. The van der Waals surface area contributed by atoms with Gasteiger partial charge in [-0.3, -0.25) is 9.52 Å². The average molecular weight is 420 g/mol. The molecular formula is C16H13Cl3N2O3S. The largest absolute Gasteiger partial charge is 0.339 e. The molecule has 0 aliphatic carbocycles. The van der Waals surface area contributed by atoms with Crippen LogP contribution in [0.5, 0.6) is 0 Å². The van der Waals surface area contributed by atoms with Gasteiger partial charge in [-0.2, -0.15) is 0 Å². The summed E-state index contributed by atoms with van der Waals surface area (Å²) in [5, 5.41) is 0.526. The summed E-state index contributed by atoms with van der Waals surface area (Å²) in [4.78, 5) is 13.7. The van der Waals surface area contributed by atoms with Gasteiger partial charge >= 0.3 is 0 Å². The molecule has 0 aromatic heterocycles. The van der Waals surface area contributed by atoms with Crippen molar-refractivity contribution in [2.24, 2.45) is 0 Å². The van der Waals surface area contributed by atoms with Crippen LogP contribution >= 0.6 is 34.8 Å². The number of carbonyl (C=O) groups excluding carboxylic acids is 1. The van der Waals surface area contributed by atoms with Crippen LogP contribution in [0, 0.1) is 0 Å². The van der Waals surface area contributed by atoms with Crippen LogP contribution in [-0.2, 0) is 10.0 Å². The molecule has 5 nitrogen and oxygen atoms in total. The standard InChI is InChI=1S/C16H13Cl3N2O3S/c17-11-3-5-12(18)14(9-11)20-25(23,24)15-8-10(2-4-13(15)19)16(22)21-6-1-7-21/h2-5,8-9,20H,1,6-7H2. The minimum Gasteiger partial charge on any atom is -0.339 e. The average Bonchev–Trinajstić information content (AvgIpc) is 2.49. The van der Waals surface area contributed by atoms with E-state index in [9.17, 15) is 13.2 Å². The van der Waals surface area contributed by atoms with Crippen LogP contribution in [0.2, 0.25) is 15.1 Å². The van der Waals surface area contributed by atoms with Crippen molar-refractivity contribution in [1.29, 1.82) is 0 Å². The monoisotopic (exact) mass is 418 g/mol. The maximum absolute atomic E-state index is 12.7. The lowest BCUT2D eigenvalue weighted by Gasteiger charge is -2.31. The van der Waals surface area contributed by atoms with Crippen LogP contribution in [0.1, 0.15) is 16.8 Å². The number of nitrogens with one attached hydrogen (secondary N) is 1. The zero-order valence-corrected chi connectivity index (χ0v) is 15.9. The zero-order valence-electron chi connectivity index (χ0n) is 12.8. The van der Waals surface area contributed by atoms with Gasteiger partial charge in [0, 0.05) is 23.7 Å². The molecule has 1 amide bonds. The van der Waals surface area contributed by atoms with Crippen molar-refractivity contribution >= 4 is 56.4 Å². The number of halogens is 3. The van der Waals surface area contributed by atoms with Gasteiger partial charge in [0.05, 0.1) is 15.7 Å². The molecule has 132 valence electrons. The van der Waals surface area contributed by atoms with E-state index in [4.69, 9.17) is 34.8 Å². The molecule has 0 radical (unpaired) electrons. The summed E-state index contributed by atoms with van der Waals surface area (Å²) in [5.74, 6) is -0.222. The fourth-order valence-corrected chi connectivity index (χ4v) is 4.31. The predicted octanol–water partition coefficient (Wildman–Crippen LogP) is 4.29. The molecule has 25 heavy (non-hydrogen) atoms. The fraction of sp³-hybridized carbons (Fsp3) is 0.188. The highest BCUT2D eigenvalue weighted by molar-refractivity contribution is 7.92. The maximum atomic E-state index is 12.7. The molecule has 1 heterocycles. The van der Waals surface area contributed by atoms with Crippen molar-refractivity contribution in [3.05, 3.63) is 57.0 Å². The highest BCUT2D eigenvalue weighted by atomic mass is 35.5. The van der Waals surface area contributed by atoms with Crippen LogP contribution < -0.4 is 4.72 Å². The van der Waals surface area contributed by atoms with E-state index in [1.807, 2.05) is 0 Å². The summed E-state index contributed by atoms with van der Waals surface area (Å²) >= 11 is 17.9. The van der Waals surface area contributed by atoms with Crippen molar-refractivity contribution in [3.8, 4) is 0 Å². The summed E-state index contributed by atoms with van der Waals surface area (Å²) in [6.07, 6.45) is 0.944. The van der Waals surface area contributed by atoms with E-state index < -0.39 is 10.0 Å². The Morgan fingerprint density at radius 2 is 1.68 bits per heavy atom. The summed E-state index contributed by atoms with van der Waals surface area (Å²) in [5.41, 5.74) is 0.395. The molecule has 0 bridgehead atoms.